The number of H-pyrrole nitrogens is 1. The van der Waals surface area contributed by atoms with Gasteiger partial charge in [0, 0.05) is 49.5 Å². The number of amides is 10. The minimum absolute atomic E-state index is 0.000670. The molecule has 2 rings (SSSR count). The second-order valence-corrected chi connectivity index (χ2v) is 22.2. The van der Waals surface area contributed by atoms with Crippen LogP contribution >= 0.6 is 11.8 Å². The fourth-order valence-electron chi connectivity index (χ4n) is 8.79. The number of rotatable bonds is 44. The predicted octanol–water partition coefficient (Wildman–Crippen LogP) is -4.96. The van der Waals surface area contributed by atoms with Crippen molar-refractivity contribution in [1.82, 2.24) is 47.5 Å². The van der Waals surface area contributed by atoms with Gasteiger partial charge in [-0.2, -0.15) is 11.8 Å². The van der Waals surface area contributed by atoms with Crippen LogP contribution in [-0.4, -0.2) is 184 Å². The van der Waals surface area contributed by atoms with Crippen molar-refractivity contribution in [2.45, 2.75) is 165 Å². The standard InChI is InChI=1S/C54H89N19O14S/c1-28(2)24-38(71-51(85)40(26-42(58)75)73-48(82)36(16-18-43(76)77)69-46(80)34(13-8-21-63-53(59)60)66-44(78)31(56)15-17-41(57)74)49(83)68-33(12-6-7-20-55)45(79)67-35(14-9-22-64-54(61)62)47(81)72-39(50(84)70-37(52(86)87)19-23-88-3)25-29-27-65-32-11-5-4-10-30(29)32/h4-5,10-11,27-28,31,33-40,65H,6-9,12-26,55-56H2,1-3H3,(H2,57,74)(H2,58,75)(H,66,78)(H,67,79)(H,68,83)(H,69,80)(H,70,84)(H,71,85)(H,72,81)(H,73,82)(H,76,77)(H,86,87)(H4,59,60,63)(H4,61,62,64)/t31-,33-,34-,35-,36-,37-,38-,39-,40-/m0/s1. The molecule has 1 aromatic heterocycles. The average molecular weight is 1260 g/mol. The van der Waals surface area contributed by atoms with E-state index in [1.807, 2.05) is 0 Å². The molecule has 1 aromatic carbocycles. The second-order valence-electron chi connectivity index (χ2n) is 21.2. The molecule has 88 heavy (non-hydrogen) atoms. The van der Waals surface area contributed by atoms with Crippen LogP contribution in [0, 0.1) is 5.92 Å². The molecule has 0 aliphatic rings. The van der Waals surface area contributed by atoms with Gasteiger partial charge in [-0.25, -0.2) is 4.79 Å². The molecule has 0 spiro atoms. The number of carboxylic acids is 2. The fourth-order valence-corrected chi connectivity index (χ4v) is 9.26. The lowest BCUT2D eigenvalue weighted by Crippen LogP contribution is -2.61. The van der Waals surface area contributed by atoms with Gasteiger partial charge in [-0.05, 0) is 107 Å². The van der Waals surface area contributed by atoms with Crippen molar-refractivity contribution in [1.29, 1.82) is 0 Å². The highest BCUT2D eigenvalue weighted by atomic mass is 32.2. The number of carbonyl (C=O) groups excluding carboxylic acids is 10. The number of nitrogens with zero attached hydrogens (tertiary/aromatic N) is 2. The maximum Gasteiger partial charge on any atom is 0.326 e. The smallest absolute Gasteiger partial charge is 0.326 e. The van der Waals surface area contributed by atoms with Crippen LogP contribution in [0.15, 0.2) is 40.4 Å². The molecular formula is C54H89N19O14S. The van der Waals surface area contributed by atoms with Gasteiger partial charge in [-0.15, -0.1) is 0 Å². The van der Waals surface area contributed by atoms with Crippen LogP contribution in [-0.2, 0) is 64.0 Å². The molecule has 0 radical (unpaired) electrons. The molecule has 0 unspecified atom stereocenters. The highest BCUT2D eigenvalue weighted by Crippen LogP contribution is 2.20. The van der Waals surface area contributed by atoms with E-state index in [0.717, 1.165) is 10.9 Å². The van der Waals surface area contributed by atoms with E-state index in [4.69, 9.17) is 45.9 Å². The monoisotopic (exact) mass is 1260 g/mol. The van der Waals surface area contributed by atoms with Gasteiger partial charge in [0.05, 0.1) is 12.5 Å². The molecule has 1 heterocycles. The van der Waals surface area contributed by atoms with E-state index >= 15 is 0 Å². The SMILES string of the molecule is CSCC[C@H](NC(=O)[C@H](Cc1c[nH]c2ccccc12)NC(=O)[C@H](CCCN=C(N)N)NC(=O)[C@H](CCCCN)NC(=O)[C@H](CC(C)C)NC(=O)[C@H](CC(N)=O)NC(=O)[C@H](CCC(=O)O)NC(=O)[C@H](CCCN=C(N)N)NC(=O)[C@@H](N)CCC(N)=O)C(=O)O. The number of nitrogens with one attached hydrogen (secondary N) is 9. The second kappa shape index (κ2) is 39.8. The van der Waals surface area contributed by atoms with E-state index in [-0.39, 0.29) is 108 Å². The van der Waals surface area contributed by atoms with Crippen molar-refractivity contribution < 1.29 is 67.7 Å². The number of unbranched alkanes of at least 4 members (excludes halogenated alkanes) is 1. The van der Waals surface area contributed by atoms with Crippen LogP contribution in [0.4, 0.5) is 0 Å². The number of nitrogens with two attached hydrogens (primary N) is 8. The zero-order valence-corrected chi connectivity index (χ0v) is 50.6. The van der Waals surface area contributed by atoms with Gasteiger partial charge < -0.3 is 104 Å². The number of aliphatic carboxylic acids is 2. The van der Waals surface area contributed by atoms with Crippen LogP contribution in [0.3, 0.4) is 0 Å². The fraction of sp³-hybridized carbons (Fsp3) is 0.593. The molecule has 27 N–H and O–H groups in total. The van der Waals surface area contributed by atoms with Crippen LogP contribution in [0.5, 0.6) is 0 Å². The number of fused-ring (bicyclic) bond motifs is 1. The van der Waals surface area contributed by atoms with Gasteiger partial charge in [0.2, 0.25) is 59.1 Å². The summed E-state index contributed by atoms with van der Waals surface area (Å²) in [6.45, 7) is 3.57. The van der Waals surface area contributed by atoms with Gasteiger partial charge >= 0.3 is 11.9 Å². The molecule has 33 nitrogen and oxygen atoms in total. The van der Waals surface area contributed by atoms with Crippen molar-refractivity contribution in [3.05, 3.63) is 36.0 Å². The largest absolute Gasteiger partial charge is 0.481 e. The van der Waals surface area contributed by atoms with Gasteiger partial charge in [0.25, 0.3) is 0 Å². The minimum Gasteiger partial charge on any atom is -0.481 e. The normalized spacial score (nSPS) is 14.1. The summed E-state index contributed by atoms with van der Waals surface area (Å²) in [5, 5.41) is 40.4. The summed E-state index contributed by atoms with van der Waals surface area (Å²) < 4.78 is 0. The van der Waals surface area contributed by atoms with Crippen LogP contribution in [0.2, 0.25) is 0 Å². The third-order valence-electron chi connectivity index (χ3n) is 13.4. The molecule has 490 valence electrons. The number of carboxylic acid groups (broad SMARTS) is 2. The molecule has 34 heteroatoms. The van der Waals surface area contributed by atoms with Gasteiger partial charge in [-0.1, -0.05) is 32.0 Å². The van der Waals surface area contributed by atoms with Crippen molar-refractivity contribution >= 4 is 106 Å². The summed E-state index contributed by atoms with van der Waals surface area (Å²) in [6.07, 6.45) is 1.05. The van der Waals surface area contributed by atoms with Gasteiger partial charge in [0.1, 0.15) is 48.3 Å². The van der Waals surface area contributed by atoms with Crippen LogP contribution in [0.25, 0.3) is 10.9 Å². The highest BCUT2D eigenvalue weighted by Gasteiger charge is 2.36. The van der Waals surface area contributed by atoms with Crippen molar-refractivity contribution in [2.75, 3.05) is 31.6 Å². The molecular weight excluding hydrogens is 1170 g/mol. The van der Waals surface area contributed by atoms with E-state index in [1.165, 1.54) is 11.8 Å². The maximum absolute atomic E-state index is 14.5. The summed E-state index contributed by atoms with van der Waals surface area (Å²) in [5.74, 6) is -12.9. The van der Waals surface area contributed by atoms with E-state index in [1.54, 1.807) is 50.6 Å². The quantitative estimate of drug-likeness (QED) is 0.0168. The Morgan fingerprint density at radius 1 is 0.534 bits per heavy atom. The molecule has 0 aliphatic heterocycles. The predicted molar refractivity (Wildman–Crippen MR) is 327 cm³/mol. The molecule has 0 saturated heterocycles. The Hall–Kier alpha value is -8.79. The summed E-state index contributed by atoms with van der Waals surface area (Å²) in [4.78, 5) is 172. The first-order chi connectivity index (χ1) is 41.6. The summed E-state index contributed by atoms with van der Waals surface area (Å²) >= 11 is 1.37. The lowest BCUT2D eigenvalue weighted by atomic mass is 10.0. The Kier molecular flexibility index (Phi) is 34.1. The number of benzene rings is 1. The number of aromatic amines is 1. The Morgan fingerprint density at radius 3 is 1.48 bits per heavy atom. The van der Waals surface area contributed by atoms with Crippen LogP contribution in [0.1, 0.15) is 109 Å². The Bertz CT molecular complexity index is 2760. The zero-order chi connectivity index (χ0) is 66.0. The minimum atomic E-state index is -1.87. The third-order valence-corrected chi connectivity index (χ3v) is 14.0. The highest BCUT2D eigenvalue weighted by molar-refractivity contribution is 7.98. The molecule has 0 bridgehead atoms. The number of aromatic nitrogens is 1. The maximum atomic E-state index is 14.5. The topological polar surface area (TPSA) is 590 Å². The lowest BCUT2D eigenvalue weighted by Gasteiger charge is -2.28. The van der Waals surface area contributed by atoms with Gasteiger partial charge in [0.15, 0.2) is 11.9 Å². The number of hydrogen-bond donors (Lipinski definition) is 19. The first-order valence-electron chi connectivity index (χ1n) is 28.6. The number of primary amides is 2. The Balaban J connectivity index is 2.55. The first kappa shape index (κ1) is 75.3. The number of thioether (sulfide) groups is 1. The Morgan fingerprint density at radius 2 is 0.989 bits per heavy atom. The average Bonchev–Trinajstić information content (AvgIpc) is 3.94. The summed E-state index contributed by atoms with van der Waals surface area (Å²) in [6, 6.07) is -6.30. The first-order valence-corrected chi connectivity index (χ1v) is 30.0. The zero-order valence-electron chi connectivity index (χ0n) is 49.8. The lowest BCUT2D eigenvalue weighted by molar-refractivity contribution is -0.142. The molecule has 0 aliphatic carbocycles. The summed E-state index contributed by atoms with van der Waals surface area (Å²) in [5.41, 5.74) is 45.7. The molecule has 0 saturated carbocycles. The number of aliphatic imine (C=N–C) groups is 2. The molecule has 0 fully saturated rings. The Labute approximate surface area is 513 Å². The van der Waals surface area contributed by atoms with E-state index in [0.29, 0.717) is 17.7 Å². The molecule has 10 amide bonds. The van der Waals surface area contributed by atoms with E-state index in [9.17, 15) is 67.7 Å². The van der Waals surface area contributed by atoms with Crippen molar-refractivity contribution in [3.8, 4) is 0 Å². The number of guanidine groups is 2. The molecule has 2 aromatic rings. The van der Waals surface area contributed by atoms with E-state index in [2.05, 4.69) is 57.5 Å². The van der Waals surface area contributed by atoms with Crippen LogP contribution < -0.4 is 88.4 Å². The van der Waals surface area contributed by atoms with Crippen molar-refractivity contribution in [3.63, 3.8) is 0 Å². The molecule has 9 atom stereocenters. The number of para-hydroxylation sites is 1. The third kappa shape index (κ3) is 29.1. The number of hydrogen-bond acceptors (Lipinski definition) is 17. The number of carbonyl (C=O) groups is 12. The van der Waals surface area contributed by atoms with Crippen molar-refractivity contribution in [2.24, 2.45) is 61.8 Å². The van der Waals surface area contributed by atoms with E-state index < -0.39 is 145 Å². The van der Waals surface area contributed by atoms with Gasteiger partial charge in [-0.3, -0.25) is 62.7 Å². The summed E-state index contributed by atoms with van der Waals surface area (Å²) in [7, 11) is 0.